The van der Waals surface area contributed by atoms with Crippen LogP contribution in [0.15, 0.2) is 18.2 Å². The van der Waals surface area contributed by atoms with E-state index >= 15 is 0 Å². The van der Waals surface area contributed by atoms with E-state index in [0.29, 0.717) is 26.2 Å². The maximum absolute atomic E-state index is 10.4. The van der Waals surface area contributed by atoms with Crippen molar-refractivity contribution < 1.29 is 9.84 Å². The van der Waals surface area contributed by atoms with Gasteiger partial charge in [0.1, 0.15) is 5.60 Å². The molecule has 3 rings (SSSR count). The van der Waals surface area contributed by atoms with Crippen LogP contribution in [0.3, 0.4) is 0 Å². The Morgan fingerprint density at radius 1 is 1.45 bits per heavy atom. The summed E-state index contributed by atoms with van der Waals surface area (Å²) in [5.74, 6) is 0. The first-order valence-corrected chi connectivity index (χ1v) is 7.59. The van der Waals surface area contributed by atoms with E-state index < -0.39 is 5.60 Å². The second-order valence-electron chi connectivity index (χ2n) is 6.85. The minimum Gasteiger partial charge on any atom is -0.386 e. The van der Waals surface area contributed by atoms with Crippen LogP contribution in [0.4, 0.5) is 0 Å². The van der Waals surface area contributed by atoms with E-state index in [2.05, 4.69) is 31.3 Å². The second-order valence-corrected chi connectivity index (χ2v) is 7.29. The third kappa shape index (κ3) is 2.60. The Balaban J connectivity index is 1.79. The molecule has 3 nitrogen and oxygen atoms in total. The van der Waals surface area contributed by atoms with Gasteiger partial charge in [-0.25, -0.2) is 0 Å². The molecule has 1 aliphatic carbocycles. The molecule has 0 aromatic heterocycles. The molecular weight excluding hydrogens is 274 g/mol. The summed E-state index contributed by atoms with van der Waals surface area (Å²) in [5.41, 5.74) is 2.02. The van der Waals surface area contributed by atoms with E-state index in [0.717, 1.165) is 11.4 Å². The van der Waals surface area contributed by atoms with Crippen molar-refractivity contribution in [3.63, 3.8) is 0 Å². The van der Waals surface area contributed by atoms with Crippen LogP contribution in [0.2, 0.25) is 5.02 Å². The molecule has 0 amide bonds. The van der Waals surface area contributed by atoms with Crippen molar-refractivity contribution >= 4 is 11.6 Å². The number of hydrogen-bond donors (Lipinski definition) is 2. The average Bonchev–Trinajstić information content (AvgIpc) is 2.88. The van der Waals surface area contributed by atoms with Crippen molar-refractivity contribution in [3.05, 3.63) is 34.3 Å². The molecule has 1 aromatic carbocycles. The van der Waals surface area contributed by atoms with Crippen molar-refractivity contribution in [2.24, 2.45) is 5.41 Å². The van der Waals surface area contributed by atoms with E-state index in [-0.39, 0.29) is 11.5 Å². The first-order valence-electron chi connectivity index (χ1n) is 7.22. The zero-order valence-electron chi connectivity index (χ0n) is 12.1. The fourth-order valence-corrected chi connectivity index (χ4v) is 3.60. The lowest BCUT2D eigenvalue weighted by Gasteiger charge is -2.32. The number of fused-ring (bicyclic) bond motifs is 1. The lowest BCUT2D eigenvalue weighted by Crippen LogP contribution is -2.44. The fraction of sp³-hybridized carbons (Fsp3) is 0.625. The smallest absolute Gasteiger partial charge is 0.103 e. The summed E-state index contributed by atoms with van der Waals surface area (Å²) in [5, 5.41) is 14.7. The van der Waals surface area contributed by atoms with Crippen LogP contribution >= 0.6 is 11.6 Å². The van der Waals surface area contributed by atoms with Crippen molar-refractivity contribution in [1.29, 1.82) is 0 Å². The summed E-state index contributed by atoms with van der Waals surface area (Å²) in [4.78, 5) is 0. The molecule has 1 fully saturated rings. The van der Waals surface area contributed by atoms with Crippen LogP contribution < -0.4 is 5.32 Å². The standard InChI is InChI=1S/C16H22ClNO2/c1-15(2)8-11-3-4-12(17)7-13(11)14(15)18-9-16(19)5-6-20-10-16/h3-4,7,14,18-19H,5-6,8-10H2,1-2H3. The third-order valence-electron chi connectivity index (χ3n) is 4.56. The minimum atomic E-state index is -0.725. The molecule has 0 radical (unpaired) electrons. The number of rotatable bonds is 3. The minimum absolute atomic E-state index is 0.128. The molecule has 0 spiro atoms. The number of hydrogen-bond acceptors (Lipinski definition) is 3. The third-order valence-corrected chi connectivity index (χ3v) is 4.80. The number of aliphatic hydroxyl groups is 1. The molecule has 110 valence electrons. The maximum Gasteiger partial charge on any atom is 0.103 e. The molecule has 2 unspecified atom stereocenters. The van der Waals surface area contributed by atoms with Gasteiger partial charge in [-0.15, -0.1) is 0 Å². The van der Waals surface area contributed by atoms with Gasteiger partial charge < -0.3 is 15.2 Å². The predicted octanol–water partition coefficient (Wildman–Crippen LogP) is 2.70. The predicted molar refractivity (Wildman–Crippen MR) is 80.1 cm³/mol. The van der Waals surface area contributed by atoms with Crippen molar-refractivity contribution in [1.82, 2.24) is 5.32 Å². The first-order chi connectivity index (χ1) is 9.40. The van der Waals surface area contributed by atoms with E-state index in [1.54, 1.807) is 0 Å². The van der Waals surface area contributed by atoms with Crippen LogP contribution in [0, 0.1) is 5.41 Å². The number of halogens is 1. The van der Waals surface area contributed by atoms with Gasteiger partial charge in [-0.05, 0) is 35.1 Å². The normalized spacial score (nSPS) is 31.5. The Morgan fingerprint density at radius 3 is 2.95 bits per heavy atom. The topological polar surface area (TPSA) is 41.5 Å². The summed E-state index contributed by atoms with van der Waals surface area (Å²) in [6, 6.07) is 6.35. The molecule has 2 N–H and O–H groups in total. The highest BCUT2D eigenvalue weighted by Gasteiger charge is 2.41. The molecule has 20 heavy (non-hydrogen) atoms. The van der Waals surface area contributed by atoms with Crippen molar-refractivity contribution in [2.45, 2.75) is 38.3 Å². The number of benzene rings is 1. The van der Waals surface area contributed by atoms with Crippen LogP contribution in [0.25, 0.3) is 0 Å². The summed E-state index contributed by atoms with van der Waals surface area (Å²) in [6.07, 6.45) is 1.74. The molecule has 1 aliphatic heterocycles. The Morgan fingerprint density at radius 2 is 2.25 bits per heavy atom. The molecule has 2 atom stereocenters. The molecule has 0 saturated carbocycles. The molecule has 2 aliphatic rings. The highest BCUT2D eigenvalue weighted by Crippen LogP contribution is 2.46. The summed E-state index contributed by atoms with van der Waals surface area (Å²) >= 11 is 6.14. The summed E-state index contributed by atoms with van der Waals surface area (Å²) in [7, 11) is 0. The van der Waals surface area contributed by atoms with E-state index in [1.165, 1.54) is 11.1 Å². The van der Waals surface area contributed by atoms with Crippen LogP contribution in [0.5, 0.6) is 0 Å². The van der Waals surface area contributed by atoms with Gasteiger partial charge in [0.05, 0.1) is 6.61 Å². The Hall–Kier alpha value is -0.610. The van der Waals surface area contributed by atoms with Gasteiger partial charge in [0.15, 0.2) is 0 Å². The Bertz CT molecular complexity index is 509. The molecule has 1 heterocycles. The zero-order valence-corrected chi connectivity index (χ0v) is 12.8. The van der Waals surface area contributed by atoms with Crippen LogP contribution in [-0.4, -0.2) is 30.5 Å². The monoisotopic (exact) mass is 295 g/mol. The fourth-order valence-electron chi connectivity index (χ4n) is 3.42. The van der Waals surface area contributed by atoms with E-state index in [1.807, 2.05) is 6.07 Å². The Kier molecular flexibility index (Phi) is 3.57. The summed E-state index contributed by atoms with van der Waals surface area (Å²) < 4.78 is 5.30. The van der Waals surface area contributed by atoms with Crippen molar-refractivity contribution in [2.75, 3.05) is 19.8 Å². The lowest BCUT2D eigenvalue weighted by atomic mass is 9.85. The molecular formula is C16H22ClNO2. The number of ether oxygens (including phenoxy) is 1. The highest BCUT2D eigenvalue weighted by atomic mass is 35.5. The SMILES string of the molecule is CC1(C)Cc2ccc(Cl)cc2C1NCC1(O)CCOC1. The molecule has 1 aromatic rings. The lowest BCUT2D eigenvalue weighted by molar-refractivity contribution is 0.0213. The second kappa shape index (κ2) is 4.99. The van der Waals surface area contributed by atoms with E-state index in [9.17, 15) is 5.11 Å². The maximum atomic E-state index is 10.4. The van der Waals surface area contributed by atoms with E-state index in [4.69, 9.17) is 16.3 Å². The van der Waals surface area contributed by atoms with Crippen molar-refractivity contribution in [3.8, 4) is 0 Å². The van der Waals surface area contributed by atoms with Crippen LogP contribution in [0.1, 0.15) is 37.4 Å². The van der Waals surface area contributed by atoms with Gasteiger partial charge in [0.2, 0.25) is 0 Å². The largest absolute Gasteiger partial charge is 0.386 e. The quantitative estimate of drug-likeness (QED) is 0.901. The average molecular weight is 296 g/mol. The molecule has 0 bridgehead atoms. The zero-order chi connectivity index (χ0) is 14.4. The van der Waals surface area contributed by atoms with Gasteiger partial charge in [0, 0.05) is 30.6 Å². The molecule has 4 heteroatoms. The highest BCUT2D eigenvalue weighted by molar-refractivity contribution is 6.30. The van der Waals surface area contributed by atoms with Gasteiger partial charge >= 0.3 is 0 Å². The van der Waals surface area contributed by atoms with Gasteiger partial charge in [-0.2, -0.15) is 0 Å². The van der Waals surface area contributed by atoms with Crippen LogP contribution in [-0.2, 0) is 11.2 Å². The molecule has 1 saturated heterocycles. The number of nitrogens with one attached hydrogen (secondary N) is 1. The van der Waals surface area contributed by atoms with Gasteiger partial charge in [-0.3, -0.25) is 0 Å². The summed E-state index contributed by atoms with van der Waals surface area (Å²) in [6.45, 7) is 6.15. The van der Waals surface area contributed by atoms with Gasteiger partial charge in [-0.1, -0.05) is 31.5 Å². The van der Waals surface area contributed by atoms with Gasteiger partial charge in [0.25, 0.3) is 0 Å². The first kappa shape index (κ1) is 14.3. The Labute approximate surface area is 125 Å².